The van der Waals surface area contributed by atoms with Crippen LogP contribution < -0.4 is 14.4 Å². The summed E-state index contributed by atoms with van der Waals surface area (Å²) in [4.78, 5) is 27.7. The van der Waals surface area contributed by atoms with E-state index in [9.17, 15) is 14.7 Å². The molecule has 4 rings (SSSR count). The number of halogens is 1. The zero-order valence-corrected chi connectivity index (χ0v) is 19.0. The Morgan fingerprint density at radius 1 is 1.00 bits per heavy atom. The number of rotatable bonds is 5. The van der Waals surface area contributed by atoms with Gasteiger partial charge < -0.3 is 14.6 Å². The van der Waals surface area contributed by atoms with Crippen molar-refractivity contribution < 1.29 is 24.2 Å². The van der Waals surface area contributed by atoms with Gasteiger partial charge in [0.15, 0.2) is 11.5 Å². The van der Waals surface area contributed by atoms with Crippen molar-refractivity contribution in [2.24, 2.45) is 0 Å². The number of nitriles is 1. The number of ether oxygens (including phenoxy) is 2. The van der Waals surface area contributed by atoms with Crippen LogP contribution in [0.15, 0.2) is 72.3 Å². The maximum atomic E-state index is 13.2. The number of hydrogen-bond acceptors (Lipinski definition) is 6. The molecule has 1 aliphatic heterocycles. The average molecular weight is 475 g/mol. The Bertz CT molecular complexity index is 1360. The van der Waals surface area contributed by atoms with Gasteiger partial charge in [0.25, 0.3) is 11.7 Å². The number of carbonyl (C=O) groups excluding carboxylic acids is 2. The van der Waals surface area contributed by atoms with Crippen molar-refractivity contribution in [2.45, 2.75) is 6.04 Å². The number of anilines is 1. The number of benzene rings is 3. The second kappa shape index (κ2) is 9.30. The highest BCUT2D eigenvalue weighted by Crippen LogP contribution is 2.44. The topological polar surface area (TPSA) is 99.9 Å². The molecule has 1 fully saturated rings. The molecule has 1 heterocycles. The zero-order chi connectivity index (χ0) is 24.4. The Labute approximate surface area is 201 Å². The lowest BCUT2D eigenvalue weighted by Gasteiger charge is -2.26. The number of amides is 1. The number of hydrogen-bond donors (Lipinski definition) is 1. The van der Waals surface area contributed by atoms with Crippen LogP contribution in [-0.4, -0.2) is 31.0 Å². The fourth-order valence-electron chi connectivity index (χ4n) is 3.92. The Balaban J connectivity index is 1.97. The third-order valence-electron chi connectivity index (χ3n) is 5.54. The van der Waals surface area contributed by atoms with E-state index in [1.165, 1.54) is 25.2 Å². The van der Waals surface area contributed by atoms with Crippen molar-refractivity contribution in [3.8, 4) is 17.6 Å². The van der Waals surface area contributed by atoms with Crippen LogP contribution in [0.2, 0.25) is 5.02 Å². The van der Waals surface area contributed by atoms with E-state index in [4.69, 9.17) is 26.3 Å². The molecule has 7 nitrogen and oxygen atoms in total. The summed E-state index contributed by atoms with van der Waals surface area (Å²) < 4.78 is 10.7. The summed E-state index contributed by atoms with van der Waals surface area (Å²) in [5, 5.41) is 20.7. The van der Waals surface area contributed by atoms with Crippen molar-refractivity contribution in [1.29, 1.82) is 5.26 Å². The number of methoxy groups -OCH3 is 2. The lowest BCUT2D eigenvalue weighted by molar-refractivity contribution is -0.132. The summed E-state index contributed by atoms with van der Waals surface area (Å²) in [5.41, 5.74) is 1.53. The summed E-state index contributed by atoms with van der Waals surface area (Å²) in [6.07, 6.45) is 0. The summed E-state index contributed by atoms with van der Waals surface area (Å²) in [5.74, 6) is -1.14. The Hall–Kier alpha value is -4.28. The van der Waals surface area contributed by atoms with Gasteiger partial charge in [-0.25, -0.2) is 0 Å². The number of aliphatic hydroxyl groups is 1. The Morgan fingerprint density at radius 2 is 1.71 bits per heavy atom. The van der Waals surface area contributed by atoms with Crippen LogP contribution in [0, 0.1) is 11.3 Å². The fourth-order valence-corrected chi connectivity index (χ4v) is 4.12. The Kier molecular flexibility index (Phi) is 6.26. The minimum absolute atomic E-state index is 0.0937. The highest BCUT2D eigenvalue weighted by Gasteiger charge is 2.47. The van der Waals surface area contributed by atoms with Gasteiger partial charge in [-0.1, -0.05) is 29.8 Å². The largest absolute Gasteiger partial charge is 0.507 e. The van der Waals surface area contributed by atoms with Crippen LogP contribution in [0.25, 0.3) is 5.76 Å². The lowest BCUT2D eigenvalue weighted by atomic mass is 9.94. The Morgan fingerprint density at radius 3 is 2.32 bits per heavy atom. The highest BCUT2D eigenvalue weighted by molar-refractivity contribution is 6.51. The number of aliphatic hydroxyl groups excluding tert-OH is 1. The highest BCUT2D eigenvalue weighted by atomic mass is 35.5. The second-order valence-electron chi connectivity index (χ2n) is 7.45. The fraction of sp³-hybridized carbons (Fsp3) is 0.115. The molecule has 0 spiro atoms. The first-order valence-electron chi connectivity index (χ1n) is 10.2. The van der Waals surface area contributed by atoms with Gasteiger partial charge in [0.1, 0.15) is 5.76 Å². The van der Waals surface area contributed by atoms with E-state index in [0.29, 0.717) is 38.9 Å². The molecule has 8 heteroatoms. The van der Waals surface area contributed by atoms with Crippen LogP contribution >= 0.6 is 11.6 Å². The van der Waals surface area contributed by atoms with Crippen molar-refractivity contribution >= 4 is 34.7 Å². The minimum atomic E-state index is -0.966. The van der Waals surface area contributed by atoms with Gasteiger partial charge in [0.2, 0.25) is 0 Å². The molecular formula is C26H19ClN2O5. The van der Waals surface area contributed by atoms with Gasteiger partial charge in [-0.3, -0.25) is 14.5 Å². The maximum absolute atomic E-state index is 13.2. The molecule has 0 aromatic heterocycles. The molecular weight excluding hydrogens is 456 g/mol. The molecule has 1 N–H and O–H groups in total. The number of nitrogens with zero attached hydrogens (tertiary/aromatic N) is 2. The molecule has 0 aliphatic carbocycles. The third-order valence-corrected chi connectivity index (χ3v) is 5.78. The molecule has 1 amide bonds. The van der Waals surface area contributed by atoms with Crippen molar-refractivity contribution in [3.63, 3.8) is 0 Å². The van der Waals surface area contributed by atoms with E-state index in [1.54, 1.807) is 60.7 Å². The minimum Gasteiger partial charge on any atom is -0.507 e. The van der Waals surface area contributed by atoms with E-state index >= 15 is 0 Å². The molecule has 34 heavy (non-hydrogen) atoms. The van der Waals surface area contributed by atoms with Gasteiger partial charge in [0, 0.05) is 16.3 Å². The van der Waals surface area contributed by atoms with E-state index in [-0.39, 0.29) is 11.3 Å². The number of carbonyl (C=O) groups is 2. The third kappa shape index (κ3) is 3.96. The average Bonchev–Trinajstić information content (AvgIpc) is 3.13. The smallest absolute Gasteiger partial charge is 0.300 e. The molecule has 1 aliphatic rings. The van der Waals surface area contributed by atoms with E-state index in [0.717, 1.165) is 0 Å². The SMILES string of the molecule is COc1ccc(C2/C(=C(/O)c3cccc(Cl)c3)C(=O)C(=O)N2c2ccc(C#N)cc2)cc1OC. The molecule has 1 saturated heterocycles. The second-order valence-corrected chi connectivity index (χ2v) is 7.89. The molecule has 3 aromatic rings. The van der Waals surface area contributed by atoms with Gasteiger partial charge in [-0.2, -0.15) is 5.26 Å². The van der Waals surface area contributed by atoms with E-state index in [1.807, 2.05) is 6.07 Å². The van der Waals surface area contributed by atoms with Crippen LogP contribution in [-0.2, 0) is 9.59 Å². The van der Waals surface area contributed by atoms with E-state index in [2.05, 4.69) is 0 Å². The zero-order valence-electron chi connectivity index (χ0n) is 18.3. The van der Waals surface area contributed by atoms with Crippen molar-refractivity contribution in [2.75, 3.05) is 19.1 Å². The normalized spacial score (nSPS) is 16.9. The standard InChI is InChI=1S/C26H19ClN2O5/c1-33-20-11-8-16(13-21(20)34-2)23-22(24(30)17-4-3-5-18(27)12-17)25(31)26(32)29(23)19-9-6-15(14-28)7-10-19/h3-13,23,30H,1-2H3/b24-22-. The summed E-state index contributed by atoms with van der Waals surface area (Å²) in [6.45, 7) is 0. The van der Waals surface area contributed by atoms with Gasteiger partial charge >= 0.3 is 0 Å². The van der Waals surface area contributed by atoms with Crippen LogP contribution in [0.4, 0.5) is 5.69 Å². The molecule has 1 unspecified atom stereocenters. The number of ketones is 1. The van der Waals surface area contributed by atoms with Crippen LogP contribution in [0.5, 0.6) is 11.5 Å². The first kappa shape index (κ1) is 22.9. The molecule has 1 atom stereocenters. The first-order valence-corrected chi connectivity index (χ1v) is 10.6. The quantitative estimate of drug-likeness (QED) is 0.322. The van der Waals surface area contributed by atoms with Gasteiger partial charge in [-0.05, 0) is 54.1 Å². The van der Waals surface area contributed by atoms with Crippen LogP contribution in [0.1, 0.15) is 22.7 Å². The van der Waals surface area contributed by atoms with Crippen LogP contribution in [0.3, 0.4) is 0 Å². The van der Waals surface area contributed by atoms with Gasteiger partial charge in [-0.15, -0.1) is 0 Å². The summed E-state index contributed by atoms with van der Waals surface area (Å²) in [7, 11) is 2.98. The summed E-state index contributed by atoms with van der Waals surface area (Å²) >= 11 is 6.09. The lowest BCUT2D eigenvalue weighted by Crippen LogP contribution is -2.29. The number of Topliss-reactive ketones (excluding diaryl/α,β-unsaturated/α-hetero) is 1. The van der Waals surface area contributed by atoms with E-state index < -0.39 is 17.7 Å². The van der Waals surface area contributed by atoms with Gasteiger partial charge in [0.05, 0.1) is 37.5 Å². The molecule has 3 aromatic carbocycles. The molecule has 0 saturated carbocycles. The molecule has 0 radical (unpaired) electrons. The van der Waals surface area contributed by atoms with Crippen molar-refractivity contribution in [3.05, 3.63) is 94.0 Å². The first-order chi connectivity index (χ1) is 16.4. The molecule has 0 bridgehead atoms. The molecule has 170 valence electrons. The predicted molar refractivity (Wildman–Crippen MR) is 127 cm³/mol. The van der Waals surface area contributed by atoms with Crippen molar-refractivity contribution in [1.82, 2.24) is 0 Å². The monoisotopic (exact) mass is 474 g/mol. The predicted octanol–water partition coefficient (Wildman–Crippen LogP) is 4.86. The summed E-state index contributed by atoms with van der Waals surface area (Å²) in [6, 6.07) is 18.7. The maximum Gasteiger partial charge on any atom is 0.300 e.